The number of fused-ring (bicyclic) bond motifs is 2. The maximum absolute atomic E-state index is 11.7. The van der Waals surface area contributed by atoms with Gasteiger partial charge in [0.25, 0.3) is 0 Å². The monoisotopic (exact) mass is 419 g/mol. The Labute approximate surface area is 185 Å². The topological polar surface area (TPSA) is 72.6 Å². The highest BCUT2D eigenvalue weighted by Crippen LogP contribution is 2.46. The van der Waals surface area contributed by atoms with Gasteiger partial charge in [0.1, 0.15) is 18.1 Å². The molecule has 0 amide bonds. The Balaban J connectivity index is 1.77. The van der Waals surface area contributed by atoms with Crippen LogP contribution in [0.4, 0.5) is 5.69 Å². The molecule has 0 spiro atoms. The van der Waals surface area contributed by atoms with Gasteiger partial charge in [0.2, 0.25) is 0 Å². The number of phenolic OH excluding ortho intramolecular Hbond substituents is 1. The summed E-state index contributed by atoms with van der Waals surface area (Å²) in [6, 6.07) is 28.8. The van der Waals surface area contributed by atoms with Crippen LogP contribution in [0.3, 0.4) is 0 Å². The van der Waals surface area contributed by atoms with Crippen LogP contribution in [0.15, 0.2) is 91.0 Å². The minimum absolute atomic E-state index is 0.0520. The number of benzene rings is 5. The lowest BCUT2D eigenvalue weighted by molar-refractivity contribution is 0.112. The van der Waals surface area contributed by atoms with Crippen molar-refractivity contribution in [1.82, 2.24) is 0 Å². The first-order valence-electron chi connectivity index (χ1n) is 10.3. The van der Waals surface area contributed by atoms with E-state index in [1.165, 1.54) is 0 Å². The molecule has 0 unspecified atom stereocenters. The van der Waals surface area contributed by atoms with E-state index in [1.54, 1.807) is 6.07 Å². The van der Waals surface area contributed by atoms with Crippen molar-refractivity contribution >= 4 is 33.5 Å². The molecule has 0 heterocycles. The van der Waals surface area contributed by atoms with Crippen molar-refractivity contribution in [2.24, 2.45) is 0 Å². The molecule has 0 aliphatic carbocycles. The van der Waals surface area contributed by atoms with Crippen molar-refractivity contribution in [1.29, 1.82) is 0 Å². The second-order valence-corrected chi connectivity index (χ2v) is 7.72. The van der Waals surface area contributed by atoms with E-state index in [9.17, 15) is 9.90 Å². The first-order valence-corrected chi connectivity index (χ1v) is 10.3. The molecule has 0 aliphatic heterocycles. The van der Waals surface area contributed by atoms with E-state index >= 15 is 0 Å². The van der Waals surface area contributed by atoms with Crippen LogP contribution in [0.25, 0.3) is 32.7 Å². The fourth-order valence-electron chi connectivity index (χ4n) is 4.17. The molecule has 4 heteroatoms. The third-order valence-electron chi connectivity index (χ3n) is 5.66. The van der Waals surface area contributed by atoms with Crippen molar-refractivity contribution in [2.45, 2.75) is 6.61 Å². The van der Waals surface area contributed by atoms with Gasteiger partial charge in [-0.25, -0.2) is 0 Å². The first-order chi connectivity index (χ1) is 15.7. The number of anilines is 1. The molecule has 0 aliphatic rings. The number of hydrogen-bond acceptors (Lipinski definition) is 4. The summed E-state index contributed by atoms with van der Waals surface area (Å²) in [4.78, 5) is 11.7. The Bertz CT molecular complexity index is 1470. The van der Waals surface area contributed by atoms with Crippen LogP contribution in [0.2, 0.25) is 0 Å². The summed E-state index contributed by atoms with van der Waals surface area (Å²) in [6.45, 7) is 0.322. The number of phenols is 1. The lowest BCUT2D eigenvalue weighted by atomic mass is 9.90. The predicted octanol–water partition coefficient (Wildman–Crippen LogP) is 6.34. The van der Waals surface area contributed by atoms with Crippen LogP contribution < -0.4 is 10.5 Å². The molecule has 0 fully saturated rings. The number of nitrogens with two attached hydrogens (primary N) is 1. The van der Waals surface area contributed by atoms with Gasteiger partial charge < -0.3 is 15.6 Å². The van der Waals surface area contributed by atoms with Crippen LogP contribution in [0.5, 0.6) is 11.5 Å². The van der Waals surface area contributed by atoms with Crippen LogP contribution in [-0.4, -0.2) is 11.4 Å². The van der Waals surface area contributed by atoms with Crippen LogP contribution >= 0.6 is 0 Å². The molecule has 5 aromatic rings. The Morgan fingerprint density at radius 2 is 1.50 bits per heavy atom. The standard InChI is InChI=1S/C28H21NO3/c29-22-9-5-6-18(14-22)17-32-25-13-12-19-7-1-3-10-23(19)26(25)27-24-11-4-2-8-20(24)15-21(16-30)28(27)31/h1-16,31H,17,29H2. The van der Waals surface area contributed by atoms with Gasteiger partial charge in [-0.3, -0.25) is 4.79 Å². The highest BCUT2D eigenvalue weighted by atomic mass is 16.5. The SMILES string of the molecule is Nc1cccc(COc2ccc3ccccc3c2-c2c(O)c(C=O)cc3ccccc23)c1. The maximum Gasteiger partial charge on any atom is 0.153 e. The number of carbonyl (C=O) groups is 1. The zero-order chi connectivity index (χ0) is 22.1. The fraction of sp³-hybridized carbons (Fsp3) is 0.0357. The average molecular weight is 419 g/mol. The number of hydrogen-bond donors (Lipinski definition) is 2. The molecule has 3 N–H and O–H groups in total. The van der Waals surface area contributed by atoms with E-state index in [1.807, 2.05) is 84.9 Å². The first kappa shape index (κ1) is 19.6. The number of nitrogen functional groups attached to an aromatic ring is 1. The highest BCUT2D eigenvalue weighted by molar-refractivity contribution is 6.11. The molecule has 156 valence electrons. The molecule has 0 radical (unpaired) electrons. The molecule has 5 aromatic carbocycles. The summed E-state index contributed by atoms with van der Waals surface area (Å²) >= 11 is 0. The van der Waals surface area contributed by atoms with Gasteiger partial charge >= 0.3 is 0 Å². The second kappa shape index (κ2) is 8.08. The zero-order valence-corrected chi connectivity index (χ0v) is 17.3. The smallest absolute Gasteiger partial charge is 0.153 e. The van der Waals surface area contributed by atoms with Crippen molar-refractivity contribution < 1.29 is 14.6 Å². The predicted molar refractivity (Wildman–Crippen MR) is 129 cm³/mol. The summed E-state index contributed by atoms with van der Waals surface area (Å²) in [6.07, 6.45) is 0.684. The van der Waals surface area contributed by atoms with E-state index in [0.29, 0.717) is 29.9 Å². The third kappa shape index (κ3) is 3.42. The number of aromatic hydroxyl groups is 1. The molecular weight excluding hydrogens is 398 g/mol. The summed E-state index contributed by atoms with van der Waals surface area (Å²) in [5.74, 6) is 0.568. The minimum atomic E-state index is -0.0520. The van der Waals surface area contributed by atoms with E-state index < -0.39 is 0 Å². The van der Waals surface area contributed by atoms with E-state index in [2.05, 4.69) is 0 Å². The van der Waals surface area contributed by atoms with E-state index in [4.69, 9.17) is 10.5 Å². The lowest BCUT2D eigenvalue weighted by Gasteiger charge is -2.18. The number of carbonyl (C=O) groups excluding carboxylic acids is 1. The van der Waals surface area contributed by atoms with Crippen molar-refractivity contribution in [3.63, 3.8) is 0 Å². The Morgan fingerprint density at radius 1 is 0.781 bits per heavy atom. The Morgan fingerprint density at radius 3 is 2.25 bits per heavy atom. The fourth-order valence-corrected chi connectivity index (χ4v) is 4.17. The molecule has 0 aromatic heterocycles. The lowest BCUT2D eigenvalue weighted by Crippen LogP contribution is -1.99. The Kier molecular flexibility index (Phi) is 4.96. The van der Waals surface area contributed by atoms with Crippen LogP contribution in [0.1, 0.15) is 15.9 Å². The summed E-state index contributed by atoms with van der Waals surface area (Å²) in [5, 5.41) is 14.8. The quantitative estimate of drug-likeness (QED) is 0.258. The molecule has 32 heavy (non-hydrogen) atoms. The van der Waals surface area contributed by atoms with Crippen molar-refractivity contribution in [3.8, 4) is 22.6 Å². The van der Waals surface area contributed by atoms with Gasteiger partial charge in [-0.1, -0.05) is 66.7 Å². The molecular formula is C28H21NO3. The summed E-state index contributed by atoms with van der Waals surface area (Å²) in [7, 11) is 0. The van der Waals surface area contributed by atoms with Crippen LogP contribution in [0, 0.1) is 0 Å². The van der Waals surface area contributed by atoms with E-state index in [-0.39, 0.29) is 11.3 Å². The van der Waals surface area contributed by atoms with Crippen molar-refractivity contribution in [2.75, 3.05) is 5.73 Å². The Hall–Kier alpha value is -4.31. The van der Waals surface area contributed by atoms with Gasteiger partial charge in [-0.2, -0.15) is 0 Å². The van der Waals surface area contributed by atoms with Gasteiger partial charge in [-0.15, -0.1) is 0 Å². The highest BCUT2D eigenvalue weighted by Gasteiger charge is 2.20. The number of aldehydes is 1. The summed E-state index contributed by atoms with van der Waals surface area (Å²) in [5.41, 5.74) is 9.12. The number of ether oxygens (including phenoxy) is 1. The molecule has 0 saturated carbocycles. The molecule has 0 atom stereocenters. The molecule has 4 nitrogen and oxygen atoms in total. The van der Waals surface area contributed by atoms with Crippen LogP contribution in [-0.2, 0) is 6.61 Å². The van der Waals surface area contributed by atoms with Crippen molar-refractivity contribution in [3.05, 3.63) is 102 Å². The number of rotatable bonds is 5. The second-order valence-electron chi connectivity index (χ2n) is 7.72. The maximum atomic E-state index is 11.7. The van der Waals surface area contributed by atoms with Gasteiger partial charge in [-0.05, 0) is 51.4 Å². The minimum Gasteiger partial charge on any atom is -0.507 e. The average Bonchev–Trinajstić information content (AvgIpc) is 2.82. The summed E-state index contributed by atoms with van der Waals surface area (Å²) < 4.78 is 6.26. The molecule has 0 saturated heterocycles. The third-order valence-corrected chi connectivity index (χ3v) is 5.66. The largest absolute Gasteiger partial charge is 0.507 e. The molecule has 5 rings (SSSR count). The van der Waals surface area contributed by atoms with E-state index in [0.717, 1.165) is 32.7 Å². The normalized spacial score (nSPS) is 11.0. The molecule has 0 bridgehead atoms. The van der Waals surface area contributed by atoms with Gasteiger partial charge in [0.05, 0.1) is 5.56 Å². The van der Waals surface area contributed by atoms with Gasteiger partial charge in [0.15, 0.2) is 6.29 Å². The zero-order valence-electron chi connectivity index (χ0n) is 17.3. The van der Waals surface area contributed by atoms with Gasteiger partial charge in [0, 0.05) is 16.8 Å².